The molecule has 1 unspecified atom stereocenters. The first kappa shape index (κ1) is 20.4. The molecule has 0 bridgehead atoms. The molecule has 1 atom stereocenters. The molecule has 3 rings (SSSR count). The first-order chi connectivity index (χ1) is 13.3. The summed E-state index contributed by atoms with van der Waals surface area (Å²) in [6, 6.07) is 10.9. The number of carbonyl (C=O) groups is 3. The topological polar surface area (TPSA) is 66.9 Å². The number of hydrogen-bond donors (Lipinski definition) is 0. The van der Waals surface area contributed by atoms with Crippen molar-refractivity contribution in [2.45, 2.75) is 20.0 Å². The molecule has 0 radical (unpaired) electrons. The fraction of sp³-hybridized carbons (Fsp3) is 0.350. The maximum atomic E-state index is 12.5. The molecule has 1 saturated heterocycles. The average molecular weight is 421 g/mol. The lowest BCUT2D eigenvalue weighted by molar-refractivity contribution is -0.144. The van der Waals surface area contributed by atoms with Crippen LogP contribution in [0.1, 0.15) is 23.5 Å². The number of rotatable bonds is 4. The van der Waals surface area contributed by atoms with E-state index in [1.165, 1.54) is 18.3 Å². The second kappa shape index (κ2) is 8.75. The van der Waals surface area contributed by atoms with Gasteiger partial charge in [0.05, 0.1) is 0 Å². The van der Waals surface area contributed by atoms with Gasteiger partial charge in [-0.25, -0.2) is 4.79 Å². The summed E-state index contributed by atoms with van der Waals surface area (Å²) in [7, 11) is 0. The number of carbonyl (C=O) groups excluding carboxylic acids is 3. The highest BCUT2D eigenvalue weighted by Crippen LogP contribution is 2.29. The van der Waals surface area contributed by atoms with Crippen LogP contribution < -0.4 is 0 Å². The second-order valence-electron chi connectivity index (χ2n) is 6.55. The van der Waals surface area contributed by atoms with Gasteiger partial charge in [0.2, 0.25) is 5.91 Å². The Labute approximate surface area is 172 Å². The molecule has 0 saturated carbocycles. The number of nitrogens with zero attached hydrogens (tertiary/aromatic N) is 2. The zero-order chi connectivity index (χ0) is 20.3. The molecule has 6 nitrogen and oxygen atoms in total. The number of thiophene rings is 1. The third-order valence-electron chi connectivity index (χ3n) is 4.60. The van der Waals surface area contributed by atoms with Gasteiger partial charge in [0, 0.05) is 43.0 Å². The Morgan fingerprint density at radius 1 is 1.00 bits per heavy atom. The molecule has 2 heterocycles. The summed E-state index contributed by atoms with van der Waals surface area (Å²) in [5, 5.41) is 0.649. The lowest BCUT2D eigenvalue weighted by Crippen LogP contribution is -2.52. The van der Waals surface area contributed by atoms with Crippen molar-refractivity contribution in [2.75, 3.05) is 26.2 Å². The minimum Gasteiger partial charge on any atom is -0.448 e. The van der Waals surface area contributed by atoms with E-state index in [0.717, 1.165) is 10.4 Å². The largest absolute Gasteiger partial charge is 0.448 e. The monoisotopic (exact) mass is 420 g/mol. The van der Waals surface area contributed by atoms with E-state index in [-0.39, 0.29) is 11.8 Å². The first-order valence-electron chi connectivity index (χ1n) is 8.96. The Bertz CT molecular complexity index is 873. The average Bonchev–Trinajstić information content (AvgIpc) is 3.18. The normalized spacial score (nSPS) is 15.2. The van der Waals surface area contributed by atoms with E-state index in [2.05, 4.69) is 0 Å². The van der Waals surface area contributed by atoms with Gasteiger partial charge in [-0.15, -0.1) is 11.3 Å². The van der Waals surface area contributed by atoms with Gasteiger partial charge in [0.1, 0.15) is 4.88 Å². The van der Waals surface area contributed by atoms with E-state index in [1.54, 1.807) is 34.9 Å². The first-order valence-corrected chi connectivity index (χ1v) is 10.2. The molecule has 0 aliphatic carbocycles. The lowest BCUT2D eigenvalue weighted by atomic mass is 10.2. The molecule has 148 valence electrons. The molecule has 2 aromatic rings. The highest BCUT2D eigenvalue weighted by atomic mass is 35.5. The van der Waals surface area contributed by atoms with Gasteiger partial charge in [-0.2, -0.15) is 0 Å². The molecule has 1 aliphatic heterocycles. The quantitative estimate of drug-likeness (QED) is 0.712. The Balaban J connectivity index is 1.58. The third-order valence-corrected chi connectivity index (χ3v) is 5.97. The molecular formula is C20H21ClN2O4S. The van der Waals surface area contributed by atoms with Gasteiger partial charge >= 0.3 is 5.97 Å². The molecule has 1 fully saturated rings. The van der Waals surface area contributed by atoms with Gasteiger partial charge in [-0.3, -0.25) is 9.59 Å². The van der Waals surface area contributed by atoms with E-state index in [1.807, 2.05) is 18.2 Å². The Hall–Kier alpha value is -2.38. The van der Waals surface area contributed by atoms with Gasteiger partial charge < -0.3 is 14.5 Å². The summed E-state index contributed by atoms with van der Waals surface area (Å²) < 4.78 is 5.37. The summed E-state index contributed by atoms with van der Waals surface area (Å²) in [4.78, 5) is 41.0. The van der Waals surface area contributed by atoms with Gasteiger partial charge in [-0.1, -0.05) is 23.7 Å². The van der Waals surface area contributed by atoms with Crippen LogP contribution in [0.4, 0.5) is 0 Å². The summed E-state index contributed by atoms with van der Waals surface area (Å²) in [5.41, 5.74) is 0.959. The molecule has 0 spiro atoms. The summed E-state index contributed by atoms with van der Waals surface area (Å²) in [5.74, 6) is -0.764. The van der Waals surface area contributed by atoms with Crippen molar-refractivity contribution in [1.82, 2.24) is 9.80 Å². The van der Waals surface area contributed by atoms with Crippen LogP contribution in [0.2, 0.25) is 5.02 Å². The van der Waals surface area contributed by atoms with Gasteiger partial charge in [0.15, 0.2) is 6.10 Å². The lowest BCUT2D eigenvalue weighted by Gasteiger charge is -2.35. The van der Waals surface area contributed by atoms with Crippen molar-refractivity contribution < 1.29 is 19.1 Å². The molecular weight excluding hydrogens is 400 g/mol. The fourth-order valence-electron chi connectivity index (χ4n) is 2.98. The summed E-state index contributed by atoms with van der Waals surface area (Å²) in [6.45, 7) is 4.97. The highest BCUT2D eigenvalue weighted by molar-refractivity contribution is 7.17. The maximum absolute atomic E-state index is 12.5. The van der Waals surface area contributed by atoms with Crippen molar-refractivity contribution in [1.29, 1.82) is 0 Å². The summed E-state index contributed by atoms with van der Waals surface area (Å²) in [6.07, 6.45) is -0.877. The predicted molar refractivity (Wildman–Crippen MR) is 108 cm³/mol. The number of halogens is 1. The van der Waals surface area contributed by atoms with Crippen LogP contribution >= 0.6 is 22.9 Å². The van der Waals surface area contributed by atoms with E-state index in [9.17, 15) is 14.4 Å². The maximum Gasteiger partial charge on any atom is 0.349 e. The Morgan fingerprint density at radius 2 is 1.61 bits per heavy atom. The predicted octanol–water partition coefficient (Wildman–Crippen LogP) is 3.30. The van der Waals surface area contributed by atoms with E-state index < -0.39 is 12.1 Å². The SMILES string of the molecule is CC(=O)N1CCN(C(=O)C(C)OC(=O)c2ccc(-c3ccc(Cl)cc3)s2)CC1. The van der Waals surface area contributed by atoms with Crippen molar-refractivity contribution in [3.8, 4) is 10.4 Å². The van der Waals surface area contributed by atoms with Crippen LogP contribution in [0.3, 0.4) is 0 Å². The number of ether oxygens (including phenoxy) is 1. The molecule has 1 aliphatic rings. The van der Waals surface area contributed by atoms with E-state index in [4.69, 9.17) is 16.3 Å². The van der Waals surface area contributed by atoms with Crippen LogP contribution in [-0.4, -0.2) is 59.9 Å². The molecule has 28 heavy (non-hydrogen) atoms. The van der Waals surface area contributed by atoms with Crippen molar-refractivity contribution in [3.05, 3.63) is 46.3 Å². The Kier molecular flexibility index (Phi) is 6.36. The van der Waals surface area contributed by atoms with Crippen LogP contribution in [-0.2, 0) is 14.3 Å². The number of amides is 2. The minimum atomic E-state index is -0.877. The Morgan fingerprint density at radius 3 is 2.21 bits per heavy atom. The zero-order valence-corrected chi connectivity index (χ0v) is 17.3. The second-order valence-corrected chi connectivity index (χ2v) is 8.07. The smallest absolute Gasteiger partial charge is 0.349 e. The molecule has 0 N–H and O–H groups in total. The number of hydrogen-bond acceptors (Lipinski definition) is 5. The van der Waals surface area contributed by atoms with Crippen LogP contribution in [0, 0.1) is 0 Å². The zero-order valence-electron chi connectivity index (χ0n) is 15.7. The van der Waals surface area contributed by atoms with Crippen LogP contribution in [0.25, 0.3) is 10.4 Å². The highest BCUT2D eigenvalue weighted by Gasteiger charge is 2.28. The van der Waals surface area contributed by atoms with Crippen molar-refractivity contribution in [2.24, 2.45) is 0 Å². The van der Waals surface area contributed by atoms with Gasteiger partial charge in [0.25, 0.3) is 5.91 Å². The standard InChI is InChI=1S/C20H21ClN2O4S/c1-13(19(25)23-11-9-22(10-12-23)14(2)24)27-20(26)18-8-7-17(28-18)15-3-5-16(21)6-4-15/h3-8,13H,9-12H2,1-2H3. The van der Waals surface area contributed by atoms with Crippen molar-refractivity contribution in [3.63, 3.8) is 0 Å². The minimum absolute atomic E-state index is 0.000706. The molecule has 1 aromatic carbocycles. The van der Waals surface area contributed by atoms with Gasteiger partial charge in [-0.05, 0) is 36.8 Å². The molecule has 2 amide bonds. The third kappa shape index (κ3) is 4.72. The summed E-state index contributed by atoms with van der Waals surface area (Å²) >= 11 is 7.21. The number of benzene rings is 1. The van der Waals surface area contributed by atoms with Crippen LogP contribution in [0.15, 0.2) is 36.4 Å². The van der Waals surface area contributed by atoms with Crippen LogP contribution in [0.5, 0.6) is 0 Å². The fourth-order valence-corrected chi connectivity index (χ4v) is 4.01. The van der Waals surface area contributed by atoms with Crippen molar-refractivity contribution >= 4 is 40.7 Å². The van der Waals surface area contributed by atoms with E-state index >= 15 is 0 Å². The number of esters is 1. The van der Waals surface area contributed by atoms with E-state index in [0.29, 0.717) is 36.1 Å². The number of piperazine rings is 1. The molecule has 1 aromatic heterocycles. The molecule has 8 heteroatoms.